The lowest BCUT2D eigenvalue weighted by atomic mass is 9.85. The van der Waals surface area contributed by atoms with Crippen LogP contribution in [-0.2, 0) is 59.7 Å². The van der Waals surface area contributed by atoms with Crippen molar-refractivity contribution in [2.45, 2.75) is 82.8 Å². The van der Waals surface area contributed by atoms with Gasteiger partial charge in [0.25, 0.3) is 0 Å². The number of rotatable bonds is 26. The van der Waals surface area contributed by atoms with Gasteiger partial charge in [-0.1, -0.05) is 12.1 Å². The molecule has 3 aromatic heterocycles. The lowest BCUT2D eigenvalue weighted by molar-refractivity contribution is 0.180. The van der Waals surface area contributed by atoms with Crippen LogP contribution in [-0.4, -0.2) is 115 Å². The first-order chi connectivity index (χ1) is 32.4. The van der Waals surface area contributed by atoms with E-state index in [-0.39, 0.29) is 102 Å². The average Bonchev–Trinajstić information content (AvgIpc) is 3.28. The molecule has 0 aliphatic rings. The highest BCUT2D eigenvalue weighted by atomic mass is 16.5. The van der Waals surface area contributed by atoms with Crippen molar-refractivity contribution in [1.82, 2.24) is 35.0 Å². The summed E-state index contributed by atoms with van der Waals surface area (Å²) < 4.78 is 19.9. The molecule has 0 saturated carbocycles. The summed E-state index contributed by atoms with van der Waals surface area (Å²) in [6.45, 7) is 0.318. The van der Waals surface area contributed by atoms with Crippen molar-refractivity contribution in [3.63, 3.8) is 0 Å². The van der Waals surface area contributed by atoms with Crippen LogP contribution in [0, 0.1) is 0 Å². The van der Waals surface area contributed by atoms with Crippen molar-refractivity contribution in [3.05, 3.63) is 119 Å². The van der Waals surface area contributed by atoms with Gasteiger partial charge in [0.15, 0.2) is 17.2 Å². The second-order valence-electron chi connectivity index (χ2n) is 15.4. The van der Waals surface area contributed by atoms with Gasteiger partial charge in [0.05, 0.1) is 55.0 Å². The summed E-state index contributed by atoms with van der Waals surface area (Å²) >= 11 is 0. The standard InChI is InChI=1S/C44H57N7O17/c1-66-21-18-49-15-12-32(52)38(55)35(49)29(46-42(60)61)9-6-25-4-5-26(24-45-41(58)59)28(8-11-31(48-44(64)65)37-40(57)34(54)14-17-51(37)20-23-68-3)27(25)7-10-30(47-43(62)63)36-39(56)33(53)13-16-50(36)19-22-67-2/h4-5,12-17,29-31,45-48,55-57H,6-11,18-24H2,1-3H3,(H,58,59)(H,60,61)(H,62,63)(H,64,65). The first-order valence-electron chi connectivity index (χ1n) is 21.2. The van der Waals surface area contributed by atoms with Crippen LogP contribution in [0.25, 0.3) is 0 Å². The van der Waals surface area contributed by atoms with E-state index in [4.69, 9.17) is 14.2 Å². The molecule has 3 heterocycles. The van der Waals surface area contributed by atoms with Crippen LogP contribution in [0.3, 0.4) is 0 Å². The minimum atomic E-state index is -1.52. The highest BCUT2D eigenvalue weighted by Crippen LogP contribution is 2.34. The Morgan fingerprint density at radius 1 is 0.500 bits per heavy atom. The highest BCUT2D eigenvalue weighted by molar-refractivity contribution is 5.67. The van der Waals surface area contributed by atoms with E-state index in [1.807, 2.05) is 0 Å². The number of benzene rings is 1. The molecule has 24 nitrogen and oxygen atoms in total. The molecule has 0 spiro atoms. The molecule has 4 aromatic rings. The van der Waals surface area contributed by atoms with Gasteiger partial charge >= 0.3 is 24.4 Å². The molecule has 0 fully saturated rings. The Kier molecular flexibility index (Phi) is 19.8. The topological polar surface area (TPSA) is 352 Å². The Hall–Kier alpha value is -7.57. The summed E-state index contributed by atoms with van der Waals surface area (Å²) in [5.74, 6) is -2.19. The number of aryl methyl sites for hydroxylation is 1. The van der Waals surface area contributed by atoms with Crippen LogP contribution < -0.4 is 37.6 Å². The van der Waals surface area contributed by atoms with Crippen LogP contribution in [0.15, 0.2) is 63.3 Å². The molecule has 370 valence electrons. The van der Waals surface area contributed by atoms with Crippen LogP contribution >= 0.6 is 0 Å². The maximum Gasteiger partial charge on any atom is 0.405 e. The quantitative estimate of drug-likeness (QED) is 0.0431. The molecule has 11 N–H and O–H groups in total. The third-order valence-electron chi connectivity index (χ3n) is 11.2. The van der Waals surface area contributed by atoms with Gasteiger partial charge in [-0.3, -0.25) is 14.4 Å². The van der Waals surface area contributed by atoms with Crippen molar-refractivity contribution < 1.29 is 69.1 Å². The zero-order chi connectivity index (χ0) is 50.1. The fourth-order valence-electron chi connectivity index (χ4n) is 8.13. The van der Waals surface area contributed by atoms with E-state index in [1.54, 1.807) is 12.1 Å². The van der Waals surface area contributed by atoms with Gasteiger partial charge in [0.2, 0.25) is 16.3 Å². The predicted octanol–water partition coefficient (Wildman–Crippen LogP) is 2.82. The average molecular weight is 956 g/mol. The molecule has 3 atom stereocenters. The molecule has 0 bridgehead atoms. The van der Waals surface area contributed by atoms with E-state index in [2.05, 4.69) is 21.3 Å². The number of aromatic nitrogens is 3. The number of methoxy groups -OCH3 is 3. The molecule has 0 saturated heterocycles. The molecule has 4 rings (SSSR count). The van der Waals surface area contributed by atoms with Crippen LogP contribution in [0.2, 0.25) is 0 Å². The second-order valence-corrected chi connectivity index (χ2v) is 15.4. The Labute approximate surface area is 388 Å². The van der Waals surface area contributed by atoms with Crippen LogP contribution in [0.1, 0.15) is 76.7 Å². The summed E-state index contributed by atoms with van der Waals surface area (Å²) in [6, 6.07) is 2.75. The Balaban J connectivity index is 1.98. The minimum Gasteiger partial charge on any atom is -0.503 e. The van der Waals surface area contributed by atoms with Gasteiger partial charge in [0.1, 0.15) is 0 Å². The monoisotopic (exact) mass is 955 g/mol. The minimum absolute atomic E-state index is 0.0221. The number of hydrogen-bond acceptors (Lipinski definition) is 13. The number of ether oxygens (including phenoxy) is 3. The molecule has 0 aliphatic heterocycles. The zero-order valence-electron chi connectivity index (χ0n) is 37.6. The van der Waals surface area contributed by atoms with Gasteiger partial charge in [0, 0.05) is 84.3 Å². The van der Waals surface area contributed by atoms with Gasteiger partial charge in [-0.15, -0.1) is 0 Å². The lowest BCUT2D eigenvalue weighted by Crippen LogP contribution is -2.32. The van der Waals surface area contributed by atoms with Crippen molar-refractivity contribution in [2.75, 3.05) is 41.2 Å². The summed E-state index contributed by atoms with van der Waals surface area (Å²) in [7, 11) is 4.28. The number of amides is 4. The molecule has 24 heteroatoms. The molecule has 1 aromatic carbocycles. The summed E-state index contributed by atoms with van der Waals surface area (Å²) in [5.41, 5.74) is -0.962. The maximum atomic E-state index is 12.8. The lowest BCUT2D eigenvalue weighted by Gasteiger charge is -2.27. The number of hydrogen-bond donors (Lipinski definition) is 11. The molecule has 4 amide bonds. The maximum absolute atomic E-state index is 12.8. The number of aromatic hydroxyl groups is 3. The Bertz CT molecular complexity index is 2590. The molecule has 0 aliphatic carbocycles. The number of nitrogens with one attached hydrogen (secondary N) is 4. The van der Waals surface area contributed by atoms with Gasteiger partial charge in [-0.25, -0.2) is 19.2 Å². The SMILES string of the molecule is COCCn1ccc(=O)c(O)c1C(CCc1ccc(CNC(=O)O)c(CCC(NC(=O)O)c2c(O)c(=O)ccn2CCOC)c1CCC(NC(=O)O)c1c(O)c(=O)ccn1CCOC)NC(=O)O. The third kappa shape index (κ3) is 14.2. The molecule has 3 unspecified atom stereocenters. The van der Waals surface area contributed by atoms with E-state index in [9.17, 15) is 69.3 Å². The second kappa shape index (κ2) is 25.4. The van der Waals surface area contributed by atoms with E-state index in [1.165, 1.54) is 53.6 Å². The number of carbonyl (C=O) groups is 4. The van der Waals surface area contributed by atoms with Crippen molar-refractivity contribution >= 4 is 24.4 Å². The molecule has 0 radical (unpaired) electrons. The number of nitrogens with zero attached hydrogens (tertiary/aromatic N) is 3. The van der Waals surface area contributed by atoms with E-state index < -0.39 is 76.0 Å². The predicted molar refractivity (Wildman–Crippen MR) is 241 cm³/mol. The molecular weight excluding hydrogens is 899 g/mol. The summed E-state index contributed by atoms with van der Waals surface area (Å²) in [6.07, 6.45) is -2.49. The first-order valence-corrected chi connectivity index (χ1v) is 21.2. The van der Waals surface area contributed by atoms with E-state index >= 15 is 0 Å². The van der Waals surface area contributed by atoms with Gasteiger partial charge < -0.3 is 84.9 Å². The first kappa shape index (κ1) is 53.0. The zero-order valence-corrected chi connectivity index (χ0v) is 37.6. The van der Waals surface area contributed by atoms with E-state index in [0.29, 0.717) is 22.3 Å². The fraction of sp³-hybridized carbons (Fsp3) is 0.432. The van der Waals surface area contributed by atoms with Crippen LogP contribution in [0.4, 0.5) is 19.2 Å². The van der Waals surface area contributed by atoms with Gasteiger partial charge in [-0.2, -0.15) is 0 Å². The van der Waals surface area contributed by atoms with Gasteiger partial charge in [-0.05, 0) is 60.8 Å². The third-order valence-corrected chi connectivity index (χ3v) is 11.2. The van der Waals surface area contributed by atoms with Crippen molar-refractivity contribution in [1.29, 1.82) is 0 Å². The number of pyridine rings is 3. The largest absolute Gasteiger partial charge is 0.503 e. The fourth-order valence-corrected chi connectivity index (χ4v) is 8.13. The summed E-state index contributed by atoms with van der Waals surface area (Å²) in [5, 5.41) is 82.5. The smallest absolute Gasteiger partial charge is 0.405 e. The summed E-state index contributed by atoms with van der Waals surface area (Å²) in [4.78, 5) is 87.2. The Morgan fingerprint density at radius 2 is 0.824 bits per heavy atom. The normalized spacial score (nSPS) is 12.5. The van der Waals surface area contributed by atoms with Crippen molar-refractivity contribution in [3.8, 4) is 17.2 Å². The van der Waals surface area contributed by atoms with E-state index in [0.717, 1.165) is 18.2 Å². The highest BCUT2D eigenvalue weighted by Gasteiger charge is 2.29. The Morgan fingerprint density at radius 3 is 1.15 bits per heavy atom. The van der Waals surface area contributed by atoms with Crippen LogP contribution in [0.5, 0.6) is 17.2 Å². The van der Waals surface area contributed by atoms with Crippen molar-refractivity contribution in [2.24, 2.45) is 0 Å². The molecular formula is C44H57N7O17. The molecule has 68 heavy (non-hydrogen) atoms. The number of carboxylic acid groups (broad SMARTS) is 4.